The van der Waals surface area contributed by atoms with Gasteiger partial charge in [0.2, 0.25) is 0 Å². The van der Waals surface area contributed by atoms with Crippen LogP contribution in [0.4, 0.5) is 0 Å². The third-order valence-electron chi connectivity index (χ3n) is 2.19. The predicted molar refractivity (Wildman–Crippen MR) is 74.2 cm³/mol. The maximum Gasteiger partial charge on any atom is 0.196 e. The fourth-order valence-corrected chi connectivity index (χ4v) is 1.36. The van der Waals surface area contributed by atoms with Crippen LogP contribution >= 0.6 is 0 Å². The Morgan fingerprint density at radius 3 is 2.39 bits per heavy atom. The highest BCUT2D eigenvalue weighted by molar-refractivity contribution is 6.33. The smallest absolute Gasteiger partial charge is 0.196 e. The van der Waals surface area contributed by atoms with Crippen molar-refractivity contribution in [1.29, 1.82) is 0 Å². The average molecular weight is 237 g/mol. The number of hydrogen-bond donors (Lipinski definition) is 0. The van der Waals surface area contributed by atoms with Crippen molar-refractivity contribution in [3.63, 3.8) is 0 Å². The predicted octanol–water partition coefficient (Wildman–Crippen LogP) is 0.471. The van der Waals surface area contributed by atoms with Gasteiger partial charge in [-0.15, -0.1) is 0 Å². The second-order valence-corrected chi connectivity index (χ2v) is 3.49. The van der Waals surface area contributed by atoms with Gasteiger partial charge in [-0.2, -0.15) is 0 Å². The van der Waals surface area contributed by atoms with Gasteiger partial charge in [0.25, 0.3) is 0 Å². The molecule has 0 aromatic heterocycles. The molecule has 1 heterocycles. The quantitative estimate of drug-likeness (QED) is 0.647. The molecule has 4 heteroatoms. The summed E-state index contributed by atoms with van der Waals surface area (Å²) in [7, 11) is 0. The van der Waals surface area contributed by atoms with E-state index in [9.17, 15) is 4.79 Å². The first-order valence-electron chi connectivity index (χ1n) is 5.40. The molecule has 0 unspecified atom stereocenters. The van der Waals surface area contributed by atoms with E-state index in [1.807, 2.05) is 24.3 Å². The normalized spacial score (nSPS) is 14.8. The molecule has 0 saturated carbocycles. The number of hydrogen-bond acceptors (Lipinski definition) is 4. The first kappa shape index (κ1) is 11.9. The van der Waals surface area contributed by atoms with Crippen molar-refractivity contribution in [1.82, 2.24) is 0 Å². The summed E-state index contributed by atoms with van der Waals surface area (Å²) >= 11 is 0. The van der Waals surface area contributed by atoms with E-state index in [1.165, 1.54) is 24.8 Å². The summed E-state index contributed by atoms with van der Waals surface area (Å²) in [5.74, 6) is -0.185. The Morgan fingerprint density at radius 1 is 0.889 bits per heavy atom. The largest absolute Gasteiger partial charge is 0.288 e. The van der Waals surface area contributed by atoms with Crippen LogP contribution in [0.3, 0.4) is 0 Å². The molecule has 1 aliphatic heterocycles. The van der Waals surface area contributed by atoms with Crippen LogP contribution in [0.1, 0.15) is 0 Å². The Kier molecular flexibility index (Phi) is 4.08. The van der Waals surface area contributed by atoms with Gasteiger partial charge in [0.1, 0.15) is 6.34 Å². The zero-order valence-corrected chi connectivity index (χ0v) is 9.60. The lowest BCUT2D eigenvalue weighted by Gasteiger charge is -1.87. The molecule has 0 amide bonds. The second kappa shape index (κ2) is 6.20. The van der Waals surface area contributed by atoms with Crippen LogP contribution in [0.25, 0.3) is 12.4 Å². The van der Waals surface area contributed by atoms with Crippen LogP contribution in [0.2, 0.25) is 0 Å². The van der Waals surface area contributed by atoms with E-state index in [2.05, 4.69) is 15.0 Å². The second-order valence-electron chi connectivity index (χ2n) is 3.49. The fourth-order valence-electron chi connectivity index (χ4n) is 1.36. The SMILES string of the molecule is O=C1C=CC=NC=NC=c2ccccc2=CN=C1. The van der Waals surface area contributed by atoms with E-state index in [0.717, 1.165) is 10.4 Å². The molecule has 1 aromatic rings. The standard InChI is InChI=1S/C14H11N3O/c18-14-6-3-7-15-11-17-9-13-5-2-1-4-12(13)8-16-10-14/h1-11H. The molecule has 0 spiro atoms. The van der Waals surface area contributed by atoms with Gasteiger partial charge in [-0.1, -0.05) is 24.3 Å². The van der Waals surface area contributed by atoms with Gasteiger partial charge in [-0.05, 0) is 12.2 Å². The first-order valence-corrected chi connectivity index (χ1v) is 5.40. The number of aliphatic imine (C=N–C) groups is 3. The van der Waals surface area contributed by atoms with Gasteiger partial charge >= 0.3 is 0 Å². The van der Waals surface area contributed by atoms with Crippen molar-refractivity contribution in [3.8, 4) is 0 Å². The van der Waals surface area contributed by atoms with E-state index in [1.54, 1.807) is 18.5 Å². The summed E-state index contributed by atoms with van der Waals surface area (Å²) in [5.41, 5.74) is 0. The van der Waals surface area contributed by atoms with Crippen LogP contribution < -0.4 is 10.4 Å². The molecule has 4 nitrogen and oxygen atoms in total. The van der Waals surface area contributed by atoms with Gasteiger partial charge in [-0.3, -0.25) is 9.79 Å². The molecular weight excluding hydrogens is 226 g/mol. The zero-order valence-electron chi connectivity index (χ0n) is 9.60. The Labute approximate surface area is 104 Å². The van der Waals surface area contributed by atoms with Crippen molar-refractivity contribution in [2.45, 2.75) is 0 Å². The molecule has 88 valence electrons. The van der Waals surface area contributed by atoms with Gasteiger partial charge in [0.05, 0.1) is 6.21 Å². The Bertz CT molecular complexity index is 667. The topological polar surface area (TPSA) is 54.1 Å². The zero-order chi connectivity index (χ0) is 12.6. The minimum atomic E-state index is -0.185. The monoisotopic (exact) mass is 237 g/mol. The van der Waals surface area contributed by atoms with Crippen LogP contribution in [-0.4, -0.2) is 24.6 Å². The highest BCUT2D eigenvalue weighted by Crippen LogP contribution is 1.79. The number of rotatable bonds is 0. The van der Waals surface area contributed by atoms with E-state index >= 15 is 0 Å². The summed E-state index contributed by atoms with van der Waals surface area (Å²) < 4.78 is 0. The van der Waals surface area contributed by atoms with E-state index in [4.69, 9.17) is 0 Å². The molecule has 0 bridgehead atoms. The van der Waals surface area contributed by atoms with Crippen LogP contribution in [0.5, 0.6) is 0 Å². The minimum Gasteiger partial charge on any atom is -0.288 e. The number of fused-ring (bicyclic) bond motifs is 1. The number of carbonyl (C=O) groups excluding carboxylic acids is 1. The third-order valence-corrected chi connectivity index (χ3v) is 2.19. The molecule has 2 rings (SSSR count). The van der Waals surface area contributed by atoms with E-state index < -0.39 is 0 Å². The van der Waals surface area contributed by atoms with Crippen molar-refractivity contribution >= 4 is 37.0 Å². The number of ketones is 1. The number of nitrogens with zero attached hydrogens (tertiary/aromatic N) is 3. The molecule has 0 N–H and O–H groups in total. The molecule has 0 saturated heterocycles. The third kappa shape index (κ3) is 3.45. The minimum absolute atomic E-state index is 0.185. The maximum atomic E-state index is 11.3. The van der Waals surface area contributed by atoms with Crippen LogP contribution in [0.15, 0.2) is 51.4 Å². The van der Waals surface area contributed by atoms with Crippen molar-refractivity contribution < 1.29 is 4.79 Å². The number of carbonyl (C=O) groups is 1. The lowest BCUT2D eigenvalue weighted by Crippen LogP contribution is -2.22. The summed E-state index contributed by atoms with van der Waals surface area (Å²) in [6, 6.07) is 7.64. The molecule has 18 heavy (non-hydrogen) atoms. The molecule has 0 fully saturated rings. The van der Waals surface area contributed by atoms with Gasteiger partial charge < -0.3 is 0 Å². The van der Waals surface area contributed by atoms with Crippen molar-refractivity contribution in [2.75, 3.05) is 0 Å². The Balaban J connectivity index is 2.54. The maximum absolute atomic E-state index is 11.3. The van der Waals surface area contributed by atoms with Gasteiger partial charge in [-0.25, -0.2) is 9.98 Å². The van der Waals surface area contributed by atoms with Crippen LogP contribution in [0, 0.1) is 0 Å². The average Bonchev–Trinajstić information content (AvgIpc) is 2.40. The van der Waals surface area contributed by atoms with Crippen LogP contribution in [-0.2, 0) is 4.79 Å². The van der Waals surface area contributed by atoms with Gasteiger partial charge in [0.15, 0.2) is 5.78 Å². The lowest BCUT2D eigenvalue weighted by atomic mass is 10.2. The Morgan fingerprint density at radius 2 is 1.61 bits per heavy atom. The summed E-state index contributed by atoms with van der Waals surface area (Å²) in [6.07, 6.45) is 10.4. The number of allylic oxidation sites excluding steroid dienone is 2. The van der Waals surface area contributed by atoms with Gasteiger partial charge in [0, 0.05) is 29.1 Å². The Hall–Kier alpha value is -2.62. The summed E-state index contributed by atoms with van der Waals surface area (Å²) in [4.78, 5) is 23.3. The van der Waals surface area contributed by atoms with E-state index in [0.29, 0.717) is 0 Å². The summed E-state index contributed by atoms with van der Waals surface area (Å²) in [6.45, 7) is 0. The molecule has 1 aliphatic rings. The summed E-state index contributed by atoms with van der Waals surface area (Å²) in [5, 5.41) is 1.81. The molecule has 0 atom stereocenters. The lowest BCUT2D eigenvalue weighted by molar-refractivity contribution is -0.108. The molecular formula is C14H11N3O. The first-order chi connectivity index (χ1) is 8.86. The van der Waals surface area contributed by atoms with Crippen molar-refractivity contribution in [2.24, 2.45) is 15.0 Å². The molecule has 0 aliphatic carbocycles. The highest BCUT2D eigenvalue weighted by atomic mass is 16.1. The number of benzene rings is 1. The van der Waals surface area contributed by atoms with E-state index in [-0.39, 0.29) is 5.78 Å². The van der Waals surface area contributed by atoms with Crippen molar-refractivity contribution in [3.05, 3.63) is 46.9 Å². The highest BCUT2D eigenvalue weighted by Gasteiger charge is 1.87. The molecule has 1 aromatic carbocycles. The molecule has 0 radical (unpaired) electrons. The fraction of sp³-hybridized carbons (Fsp3) is 0.